The number of aliphatic carboxylic acids is 2. The summed E-state index contributed by atoms with van der Waals surface area (Å²) in [4.78, 5) is 34.4. The van der Waals surface area contributed by atoms with Crippen LogP contribution in [0.2, 0.25) is 0 Å². The van der Waals surface area contributed by atoms with Gasteiger partial charge < -0.3 is 26.0 Å². The average Bonchev–Trinajstić information content (AvgIpc) is 2.67. The van der Waals surface area contributed by atoms with Crippen LogP contribution in [0, 0.1) is 5.92 Å². The van der Waals surface area contributed by atoms with Crippen LogP contribution in [-0.2, 0) is 14.4 Å². The Labute approximate surface area is 181 Å². The molecule has 3 atom stereocenters. The molecule has 1 amide bonds. The molecule has 0 aromatic heterocycles. The number of carbonyl (C=O) groups is 3. The summed E-state index contributed by atoms with van der Waals surface area (Å²) in [6, 6.07) is -1.90. The predicted molar refractivity (Wildman–Crippen MR) is 118 cm³/mol. The van der Waals surface area contributed by atoms with Crippen molar-refractivity contribution in [1.82, 2.24) is 10.6 Å². The molecule has 0 aliphatic heterocycles. The lowest BCUT2D eigenvalue weighted by atomic mass is 10.0. The first-order valence-electron chi connectivity index (χ1n) is 9.79. The molecular weight excluding hydrogens is 416 g/mol. The second kappa shape index (κ2) is 16.4. The van der Waals surface area contributed by atoms with Gasteiger partial charge in [-0.3, -0.25) is 9.59 Å². The van der Waals surface area contributed by atoms with E-state index in [0.717, 1.165) is 31.4 Å². The molecule has 29 heavy (non-hydrogen) atoms. The molecule has 168 valence electrons. The van der Waals surface area contributed by atoms with Gasteiger partial charge in [0.25, 0.3) is 0 Å². The van der Waals surface area contributed by atoms with Crippen LogP contribution in [-0.4, -0.2) is 57.6 Å². The lowest BCUT2D eigenvalue weighted by molar-refractivity contribution is -0.140. The number of carboxylic acids is 2. The van der Waals surface area contributed by atoms with Crippen LogP contribution >= 0.6 is 22.5 Å². The SMILES string of the molecule is C/C=C(\N[C@@H](CO)C(=O)O)[C@H](CCC(=O)O)NC(=O)CCCC[C@@H](C)CCSS. The van der Waals surface area contributed by atoms with E-state index in [9.17, 15) is 19.5 Å². The first kappa shape index (κ1) is 27.6. The van der Waals surface area contributed by atoms with Crippen molar-refractivity contribution in [1.29, 1.82) is 0 Å². The van der Waals surface area contributed by atoms with Crippen molar-refractivity contribution in [2.75, 3.05) is 12.4 Å². The Balaban J connectivity index is 4.72. The highest BCUT2D eigenvalue weighted by Crippen LogP contribution is 2.17. The zero-order valence-electron chi connectivity index (χ0n) is 17.1. The maximum absolute atomic E-state index is 12.3. The molecule has 0 unspecified atom stereocenters. The molecule has 0 spiro atoms. The van der Waals surface area contributed by atoms with Crippen molar-refractivity contribution >= 4 is 40.3 Å². The molecule has 0 aliphatic carbocycles. The van der Waals surface area contributed by atoms with Gasteiger partial charge in [-0.05, 0) is 32.1 Å². The van der Waals surface area contributed by atoms with Crippen molar-refractivity contribution in [3.63, 3.8) is 0 Å². The molecule has 0 radical (unpaired) electrons. The smallest absolute Gasteiger partial charge is 0.328 e. The summed E-state index contributed by atoms with van der Waals surface area (Å²) in [6.07, 6.45) is 5.60. The van der Waals surface area contributed by atoms with Crippen molar-refractivity contribution < 1.29 is 29.7 Å². The third-order valence-electron chi connectivity index (χ3n) is 4.54. The molecule has 0 heterocycles. The Kier molecular flexibility index (Phi) is 15.6. The molecule has 0 rings (SSSR count). The van der Waals surface area contributed by atoms with Gasteiger partial charge in [0, 0.05) is 24.3 Å². The van der Waals surface area contributed by atoms with Gasteiger partial charge in [-0.15, -0.1) is 11.7 Å². The number of thiol groups is 1. The van der Waals surface area contributed by atoms with Crippen LogP contribution in [0.15, 0.2) is 11.8 Å². The van der Waals surface area contributed by atoms with Crippen LogP contribution in [0.1, 0.15) is 58.8 Å². The number of aliphatic hydroxyl groups is 1. The van der Waals surface area contributed by atoms with E-state index < -0.39 is 30.6 Å². The number of allylic oxidation sites excluding steroid dienone is 1. The van der Waals surface area contributed by atoms with Gasteiger partial charge in [0.15, 0.2) is 0 Å². The summed E-state index contributed by atoms with van der Waals surface area (Å²) in [5.74, 6) is -0.881. The van der Waals surface area contributed by atoms with Gasteiger partial charge in [-0.25, -0.2) is 4.79 Å². The third-order valence-corrected chi connectivity index (χ3v) is 5.51. The Bertz CT molecular complexity index is 545. The fourth-order valence-electron chi connectivity index (χ4n) is 2.79. The summed E-state index contributed by atoms with van der Waals surface area (Å²) < 4.78 is 0. The topological polar surface area (TPSA) is 136 Å². The minimum absolute atomic E-state index is 0.115. The Hall–Kier alpha value is -1.39. The predicted octanol–water partition coefficient (Wildman–Crippen LogP) is 2.44. The second-order valence-corrected chi connectivity index (χ2v) is 8.43. The van der Waals surface area contributed by atoms with Gasteiger partial charge in [-0.1, -0.05) is 36.6 Å². The first-order chi connectivity index (χ1) is 13.7. The van der Waals surface area contributed by atoms with Crippen LogP contribution in [0.3, 0.4) is 0 Å². The molecule has 10 heteroatoms. The van der Waals surface area contributed by atoms with E-state index in [1.807, 2.05) is 0 Å². The number of carboxylic acid groups (broad SMARTS) is 2. The standard InChI is InChI=1S/C19H34N2O6S2/c1-3-14(20-16(12-22)19(26)27)15(8-9-18(24)25)21-17(23)7-5-4-6-13(2)10-11-29-28/h3,13,15-16,20,22,28H,4-12H2,1-2H3,(H,21,23)(H,24,25)(H,26,27)/b14-3-/t13-,15+,16+/m1/s1. The molecular formula is C19H34N2O6S2. The van der Waals surface area contributed by atoms with E-state index in [-0.39, 0.29) is 18.7 Å². The molecule has 0 saturated heterocycles. The lowest BCUT2D eigenvalue weighted by Gasteiger charge is -2.25. The zero-order valence-corrected chi connectivity index (χ0v) is 18.8. The average molecular weight is 451 g/mol. The van der Waals surface area contributed by atoms with E-state index in [1.54, 1.807) is 13.0 Å². The summed E-state index contributed by atoms with van der Waals surface area (Å²) in [5, 5.41) is 32.7. The molecule has 0 saturated carbocycles. The lowest BCUT2D eigenvalue weighted by Crippen LogP contribution is -2.47. The first-order valence-corrected chi connectivity index (χ1v) is 11.8. The largest absolute Gasteiger partial charge is 0.481 e. The van der Waals surface area contributed by atoms with E-state index >= 15 is 0 Å². The number of hydrogen-bond acceptors (Lipinski definition) is 7. The highest BCUT2D eigenvalue weighted by atomic mass is 33.1. The minimum atomic E-state index is -1.24. The maximum atomic E-state index is 12.3. The van der Waals surface area contributed by atoms with Gasteiger partial charge in [-0.2, -0.15) is 0 Å². The third kappa shape index (κ3) is 13.5. The number of aliphatic hydroxyl groups excluding tert-OH is 1. The van der Waals surface area contributed by atoms with Crippen molar-refractivity contribution in [3.05, 3.63) is 11.8 Å². The van der Waals surface area contributed by atoms with Gasteiger partial charge >= 0.3 is 11.9 Å². The molecule has 8 nitrogen and oxygen atoms in total. The summed E-state index contributed by atoms with van der Waals surface area (Å²) in [5.41, 5.74) is 0.374. The van der Waals surface area contributed by atoms with Crippen LogP contribution in [0.5, 0.6) is 0 Å². The number of nitrogens with one attached hydrogen (secondary N) is 2. The normalized spacial score (nSPS) is 14.7. The fraction of sp³-hybridized carbons (Fsp3) is 0.737. The van der Waals surface area contributed by atoms with Crippen LogP contribution in [0.4, 0.5) is 0 Å². The van der Waals surface area contributed by atoms with Gasteiger partial charge in [0.1, 0.15) is 6.04 Å². The number of hydrogen-bond donors (Lipinski definition) is 6. The molecule has 0 aliphatic rings. The monoisotopic (exact) mass is 450 g/mol. The second-order valence-electron chi connectivity index (χ2n) is 6.99. The number of unbranched alkanes of at least 4 members (excludes halogenated alkanes) is 1. The number of rotatable bonds is 17. The van der Waals surface area contributed by atoms with E-state index in [0.29, 0.717) is 18.0 Å². The molecule has 0 bridgehead atoms. The Morgan fingerprint density at radius 2 is 1.72 bits per heavy atom. The fourth-order valence-corrected chi connectivity index (χ4v) is 3.61. The summed E-state index contributed by atoms with van der Waals surface area (Å²) in [7, 11) is 1.52. The summed E-state index contributed by atoms with van der Waals surface area (Å²) in [6.45, 7) is 3.20. The van der Waals surface area contributed by atoms with Gasteiger partial charge in [0.2, 0.25) is 5.91 Å². The van der Waals surface area contributed by atoms with E-state index in [2.05, 4.69) is 29.2 Å². The Morgan fingerprint density at radius 3 is 2.24 bits per heavy atom. The van der Waals surface area contributed by atoms with Crippen molar-refractivity contribution in [2.45, 2.75) is 70.9 Å². The Morgan fingerprint density at radius 1 is 1.03 bits per heavy atom. The van der Waals surface area contributed by atoms with Crippen LogP contribution in [0.25, 0.3) is 0 Å². The highest BCUT2D eigenvalue weighted by molar-refractivity contribution is 8.68. The quantitative estimate of drug-likeness (QED) is 0.113. The zero-order chi connectivity index (χ0) is 22.2. The van der Waals surface area contributed by atoms with Crippen LogP contribution < -0.4 is 10.6 Å². The molecule has 0 aromatic rings. The highest BCUT2D eigenvalue weighted by Gasteiger charge is 2.23. The van der Waals surface area contributed by atoms with Gasteiger partial charge in [0.05, 0.1) is 12.6 Å². The van der Waals surface area contributed by atoms with E-state index in [4.69, 9.17) is 10.2 Å². The summed E-state index contributed by atoms with van der Waals surface area (Å²) >= 11 is 4.13. The maximum Gasteiger partial charge on any atom is 0.328 e. The molecule has 0 aromatic carbocycles. The minimum Gasteiger partial charge on any atom is -0.481 e. The molecule has 0 fully saturated rings. The number of amides is 1. The van der Waals surface area contributed by atoms with Crippen molar-refractivity contribution in [3.8, 4) is 0 Å². The van der Waals surface area contributed by atoms with Crippen molar-refractivity contribution in [2.24, 2.45) is 5.92 Å². The molecule has 5 N–H and O–H groups in total. The number of carbonyl (C=O) groups excluding carboxylic acids is 1. The van der Waals surface area contributed by atoms with E-state index in [1.165, 1.54) is 10.8 Å².